The molecule has 0 aliphatic carbocycles. The lowest BCUT2D eigenvalue weighted by molar-refractivity contribution is 0.100. The highest BCUT2D eigenvalue weighted by Crippen LogP contribution is 2.20. The van der Waals surface area contributed by atoms with E-state index >= 15 is 0 Å². The first-order valence-corrected chi connectivity index (χ1v) is 12.8. The quantitative estimate of drug-likeness (QED) is 0.367. The minimum absolute atomic E-state index is 0.213. The Hall–Kier alpha value is -3.59. The molecule has 0 bridgehead atoms. The Labute approximate surface area is 216 Å². The number of fused-ring (bicyclic) bond motifs is 2. The van der Waals surface area contributed by atoms with Crippen LogP contribution in [0.15, 0.2) is 65.5 Å². The Balaban J connectivity index is 1.20. The van der Waals surface area contributed by atoms with Gasteiger partial charge in [-0.3, -0.25) is 14.6 Å². The highest BCUT2D eigenvalue weighted by atomic mass is 16.5. The summed E-state index contributed by atoms with van der Waals surface area (Å²) in [6.45, 7) is 4.42. The van der Waals surface area contributed by atoms with Crippen LogP contribution in [0.3, 0.4) is 0 Å². The molecule has 1 aliphatic heterocycles. The summed E-state index contributed by atoms with van der Waals surface area (Å²) in [5, 5.41) is 5.52. The predicted octanol–water partition coefficient (Wildman–Crippen LogP) is 3.05. The summed E-state index contributed by atoms with van der Waals surface area (Å²) in [6, 6.07) is 19.9. The molecule has 2 aromatic heterocycles. The Morgan fingerprint density at radius 2 is 1.89 bits per heavy atom. The number of carbonyl (C=O) groups excluding carboxylic acids is 1. The fraction of sp³-hybridized carbons (Fsp3) is 0.345. The molecule has 1 saturated heterocycles. The molecule has 1 fully saturated rings. The number of hydrogen-bond acceptors (Lipinski definition) is 6. The second kappa shape index (κ2) is 11.2. The maximum Gasteiger partial charge on any atom is 0.251 e. The minimum atomic E-state index is -0.595. The predicted molar refractivity (Wildman–Crippen MR) is 145 cm³/mol. The number of benzene rings is 2. The van der Waals surface area contributed by atoms with Gasteiger partial charge in [-0.1, -0.05) is 36.4 Å². The number of likely N-dealkylation sites (tertiary alicyclic amines) is 1. The molecule has 1 amide bonds. The van der Waals surface area contributed by atoms with Crippen LogP contribution in [0.5, 0.6) is 0 Å². The zero-order valence-electron chi connectivity index (χ0n) is 21.2. The van der Waals surface area contributed by atoms with Crippen molar-refractivity contribution in [1.29, 1.82) is 0 Å². The monoisotopic (exact) mass is 499 g/mol. The standard InChI is InChI=1S/C29H33N5O3/c1-37-19-20-6-9-24-25(29(30)36)17-28(35)34(27(24)16-20)15-14-33-12-10-22(11-13-33)31-18-23-8-7-21-4-2-3-5-26(21)32-23/h2-9,16-17,22,31H,10-15,18-19H2,1H3,(H2,30,36). The van der Waals surface area contributed by atoms with Crippen molar-refractivity contribution >= 4 is 27.7 Å². The fourth-order valence-corrected chi connectivity index (χ4v) is 5.17. The smallest absolute Gasteiger partial charge is 0.251 e. The SMILES string of the molecule is COCc1ccc2c(C(N)=O)cc(=O)n(CCN3CCC(NCc4ccc5ccccc5n4)CC3)c2c1. The first kappa shape index (κ1) is 25.1. The molecule has 192 valence electrons. The van der Waals surface area contributed by atoms with Crippen molar-refractivity contribution in [2.24, 2.45) is 5.73 Å². The Morgan fingerprint density at radius 1 is 1.08 bits per heavy atom. The number of ether oxygens (including phenoxy) is 1. The van der Waals surface area contributed by atoms with Crippen LogP contribution in [-0.2, 0) is 24.4 Å². The van der Waals surface area contributed by atoms with Crippen molar-refractivity contribution in [3.05, 3.63) is 87.8 Å². The average Bonchev–Trinajstić information content (AvgIpc) is 2.91. The number of nitrogens with one attached hydrogen (secondary N) is 1. The number of para-hydroxylation sites is 1. The maximum atomic E-state index is 12.9. The molecule has 0 radical (unpaired) electrons. The summed E-state index contributed by atoms with van der Waals surface area (Å²) in [4.78, 5) is 32.1. The van der Waals surface area contributed by atoms with Gasteiger partial charge in [0.25, 0.3) is 5.56 Å². The van der Waals surface area contributed by atoms with Crippen molar-refractivity contribution in [2.45, 2.75) is 38.6 Å². The van der Waals surface area contributed by atoms with Crippen LogP contribution >= 0.6 is 0 Å². The first-order valence-electron chi connectivity index (χ1n) is 12.8. The number of amides is 1. The van der Waals surface area contributed by atoms with Crippen molar-refractivity contribution in [3.8, 4) is 0 Å². The van der Waals surface area contributed by atoms with Crippen molar-refractivity contribution in [2.75, 3.05) is 26.7 Å². The minimum Gasteiger partial charge on any atom is -0.380 e. The topological polar surface area (TPSA) is 102 Å². The summed E-state index contributed by atoms with van der Waals surface area (Å²) < 4.78 is 7.01. The van der Waals surface area contributed by atoms with Gasteiger partial charge in [0.15, 0.2) is 0 Å². The number of methoxy groups -OCH3 is 1. The summed E-state index contributed by atoms with van der Waals surface area (Å²) in [7, 11) is 1.63. The number of primary amides is 1. The Kier molecular flexibility index (Phi) is 7.60. The third-order valence-electron chi connectivity index (χ3n) is 7.21. The number of nitrogens with zero attached hydrogens (tertiary/aromatic N) is 3. The van der Waals surface area contributed by atoms with E-state index in [1.54, 1.807) is 11.7 Å². The van der Waals surface area contributed by atoms with E-state index in [2.05, 4.69) is 28.4 Å². The van der Waals surface area contributed by atoms with Crippen LogP contribution in [0.1, 0.15) is 34.5 Å². The number of piperidine rings is 1. The lowest BCUT2D eigenvalue weighted by Crippen LogP contribution is -2.43. The molecule has 8 heteroatoms. The summed E-state index contributed by atoms with van der Waals surface area (Å²) in [5.41, 5.74) is 9.34. The van der Waals surface area contributed by atoms with Gasteiger partial charge < -0.3 is 25.3 Å². The van der Waals surface area contributed by atoms with Gasteiger partial charge in [0.1, 0.15) is 0 Å². The van der Waals surface area contributed by atoms with Crippen molar-refractivity contribution < 1.29 is 9.53 Å². The van der Waals surface area contributed by atoms with Gasteiger partial charge in [0.2, 0.25) is 5.91 Å². The van der Waals surface area contributed by atoms with E-state index in [9.17, 15) is 9.59 Å². The molecule has 1 aliphatic rings. The number of aromatic nitrogens is 2. The molecule has 3 heterocycles. The van der Waals surface area contributed by atoms with Gasteiger partial charge in [0.05, 0.1) is 28.9 Å². The maximum absolute atomic E-state index is 12.9. The molecule has 0 atom stereocenters. The molecule has 37 heavy (non-hydrogen) atoms. The van der Waals surface area contributed by atoms with Gasteiger partial charge in [0, 0.05) is 49.6 Å². The zero-order chi connectivity index (χ0) is 25.8. The zero-order valence-corrected chi connectivity index (χ0v) is 21.2. The van der Waals surface area contributed by atoms with E-state index in [1.807, 2.05) is 36.4 Å². The third-order valence-corrected chi connectivity index (χ3v) is 7.21. The fourth-order valence-electron chi connectivity index (χ4n) is 5.17. The van der Waals surface area contributed by atoms with Gasteiger partial charge in [-0.2, -0.15) is 0 Å². The van der Waals surface area contributed by atoms with Crippen LogP contribution < -0.4 is 16.6 Å². The average molecular weight is 500 g/mol. The molecular formula is C29H33N5O3. The first-order chi connectivity index (χ1) is 18.0. The van der Waals surface area contributed by atoms with Gasteiger partial charge >= 0.3 is 0 Å². The number of hydrogen-bond donors (Lipinski definition) is 2. The summed E-state index contributed by atoms with van der Waals surface area (Å²) >= 11 is 0. The molecule has 2 aromatic carbocycles. The summed E-state index contributed by atoms with van der Waals surface area (Å²) in [6.07, 6.45) is 2.09. The molecule has 5 rings (SSSR count). The Bertz CT molecular complexity index is 1470. The molecule has 0 unspecified atom stereocenters. The van der Waals surface area contributed by atoms with E-state index < -0.39 is 5.91 Å². The molecular weight excluding hydrogens is 466 g/mol. The lowest BCUT2D eigenvalue weighted by atomic mass is 10.0. The number of rotatable bonds is 9. The van der Waals surface area contributed by atoms with Gasteiger partial charge in [-0.25, -0.2) is 0 Å². The van der Waals surface area contributed by atoms with Crippen molar-refractivity contribution in [1.82, 2.24) is 19.8 Å². The number of carbonyl (C=O) groups is 1. The van der Waals surface area contributed by atoms with Crippen molar-refractivity contribution in [3.63, 3.8) is 0 Å². The number of pyridine rings is 2. The molecule has 3 N–H and O–H groups in total. The Morgan fingerprint density at radius 3 is 2.68 bits per heavy atom. The highest BCUT2D eigenvalue weighted by Gasteiger charge is 2.20. The highest BCUT2D eigenvalue weighted by molar-refractivity contribution is 6.05. The van der Waals surface area contributed by atoms with Gasteiger partial charge in [-0.15, -0.1) is 0 Å². The second-order valence-electron chi connectivity index (χ2n) is 9.69. The molecule has 0 saturated carbocycles. The number of nitrogens with two attached hydrogens (primary N) is 1. The van der Waals surface area contributed by atoms with Crippen LogP contribution in [0.2, 0.25) is 0 Å². The molecule has 8 nitrogen and oxygen atoms in total. The molecule has 0 spiro atoms. The largest absolute Gasteiger partial charge is 0.380 e. The van der Waals surface area contributed by atoms with Crippen LogP contribution in [0, 0.1) is 0 Å². The van der Waals surface area contributed by atoms with E-state index in [1.165, 1.54) is 6.07 Å². The van der Waals surface area contributed by atoms with E-state index in [4.69, 9.17) is 15.5 Å². The van der Waals surface area contributed by atoms with E-state index in [0.717, 1.165) is 66.7 Å². The second-order valence-corrected chi connectivity index (χ2v) is 9.69. The van der Waals surface area contributed by atoms with Crippen LogP contribution in [0.4, 0.5) is 0 Å². The third kappa shape index (κ3) is 5.72. The van der Waals surface area contributed by atoms with E-state index in [-0.39, 0.29) is 11.1 Å². The van der Waals surface area contributed by atoms with Crippen LogP contribution in [0.25, 0.3) is 21.8 Å². The van der Waals surface area contributed by atoms with Gasteiger partial charge in [-0.05, 0) is 49.7 Å². The van der Waals surface area contributed by atoms with E-state index in [0.29, 0.717) is 24.6 Å². The molecule has 4 aromatic rings. The lowest BCUT2D eigenvalue weighted by Gasteiger charge is -2.32. The normalized spacial score (nSPS) is 14.9. The summed E-state index contributed by atoms with van der Waals surface area (Å²) in [5.74, 6) is -0.595. The van der Waals surface area contributed by atoms with Crippen LogP contribution in [-0.4, -0.2) is 53.1 Å².